The largest absolute Gasteiger partial charge is 0.497 e. The fourth-order valence-corrected chi connectivity index (χ4v) is 4.64. The van der Waals surface area contributed by atoms with Crippen molar-refractivity contribution in [3.63, 3.8) is 0 Å². The molecule has 1 aliphatic carbocycles. The first kappa shape index (κ1) is 15.7. The Balaban J connectivity index is 1.99. The zero-order chi connectivity index (χ0) is 14.4. The second-order valence-corrected chi connectivity index (χ2v) is 7.11. The van der Waals surface area contributed by atoms with E-state index in [2.05, 4.69) is 19.1 Å². The highest BCUT2D eigenvalue weighted by Gasteiger charge is 2.29. The molecule has 0 aromatic heterocycles. The quantitative estimate of drug-likeness (QED) is 0.848. The Hall–Kier alpha value is -0.670. The van der Waals surface area contributed by atoms with Gasteiger partial charge in [-0.1, -0.05) is 26.2 Å². The van der Waals surface area contributed by atoms with Crippen molar-refractivity contribution in [2.45, 2.75) is 49.2 Å². The molecule has 2 rings (SSSR count). The van der Waals surface area contributed by atoms with E-state index in [0.717, 1.165) is 18.2 Å². The van der Waals surface area contributed by atoms with E-state index in [0.29, 0.717) is 11.2 Å². The summed E-state index contributed by atoms with van der Waals surface area (Å²) in [5, 5.41) is 0.679. The topological polar surface area (TPSA) is 35.2 Å². The highest BCUT2D eigenvalue weighted by Crippen LogP contribution is 2.41. The van der Waals surface area contributed by atoms with Crippen LogP contribution < -0.4 is 10.5 Å². The van der Waals surface area contributed by atoms with Crippen LogP contribution in [0.3, 0.4) is 0 Å². The first-order valence-electron chi connectivity index (χ1n) is 7.77. The third-order valence-corrected chi connectivity index (χ3v) is 5.81. The number of ether oxygens (including phenoxy) is 1. The van der Waals surface area contributed by atoms with Gasteiger partial charge in [-0.25, -0.2) is 0 Å². The molecule has 3 heteroatoms. The molecule has 0 radical (unpaired) electrons. The van der Waals surface area contributed by atoms with Gasteiger partial charge in [-0.3, -0.25) is 0 Å². The first-order valence-corrected chi connectivity index (χ1v) is 8.65. The Morgan fingerprint density at radius 2 is 2.00 bits per heavy atom. The molecule has 2 nitrogen and oxygen atoms in total. The number of hydrogen-bond donors (Lipinski definition) is 1. The summed E-state index contributed by atoms with van der Waals surface area (Å²) in [5.41, 5.74) is 5.98. The fraction of sp³-hybridized carbons (Fsp3) is 0.647. The molecule has 0 amide bonds. The maximum atomic E-state index is 5.98. The minimum atomic E-state index is 0.676. The van der Waals surface area contributed by atoms with E-state index >= 15 is 0 Å². The lowest BCUT2D eigenvalue weighted by molar-refractivity contribution is 0.276. The summed E-state index contributed by atoms with van der Waals surface area (Å²) < 4.78 is 5.22. The van der Waals surface area contributed by atoms with Crippen molar-refractivity contribution < 1.29 is 4.74 Å². The van der Waals surface area contributed by atoms with Crippen LogP contribution in [0.25, 0.3) is 0 Å². The minimum absolute atomic E-state index is 0.676. The van der Waals surface area contributed by atoms with Gasteiger partial charge in [0.05, 0.1) is 7.11 Å². The van der Waals surface area contributed by atoms with E-state index in [1.54, 1.807) is 7.11 Å². The summed E-state index contributed by atoms with van der Waals surface area (Å²) in [6.07, 6.45) is 6.67. The van der Waals surface area contributed by atoms with Gasteiger partial charge >= 0.3 is 0 Å². The third-order valence-electron chi connectivity index (χ3n) is 4.38. The zero-order valence-corrected chi connectivity index (χ0v) is 13.5. The fourth-order valence-electron chi connectivity index (χ4n) is 3.19. The molecule has 3 unspecified atom stereocenters. The van der Waals surface area contributed by atoms with Crippen molar-refractivity contribution in [3.8, 4) is 5.75 Å². The molecule has 2 N–H and O–H groups in total. The van der Waals surface area contributed by atoms with E-state index in [1.807, 2.05) is 23.9 Å². The van der Waals surface area contributed by atoms with Crippen LogP contribution in [0.2, 0.25) is 0 Å². The van der Waals surface area contributed by atoms with Crippen LogP contribution in [-0.4, -0.2) is 18.9 Å². The second-order valence-electron chi connectivity index (χ2n) is 5.80. The maximum absolute atomic E-state index is 5.98. The van der Waals surface area contributed by atoms with Gasteiger partial charge in [0.2, 0.25) is 0 Å². The molecule has 20 heavy (non-hydrogen) atoms. The minimum Gasteiger partial charge on any atom is -0.497 e. The second kappa shape index (κ2) is 7.94. The van der Waals surface area contributed by atoms with Crippen LogP contribution in [0.4, 0.5) is 0 Å². The summed E-state index contributed by atoms with van der Waals surface area (Å²) in [6, 6.07) is 8.43. The molecular weight excluding hydrogens is 266 g/mol. The van der Waals surface area contributed by atoms with E-state index in [9.17, 15) is 0 Å². The molecule has 3 atom stereocenters. The molecule has 1 saturated carbocycles. The van der Waals surface area contributed by atoms with Gasteiger partial charge in [-0.05, 0) is 55.5 Å². The Morgan fingerprint density at radius 1 is 1.25 bits per heavy atom. The number of benzene rings is 1. The standard InChI is InChI=1S/C17H27NOS/c1-3-4-13-5-6-14(12-18)17(11-13)20-16-9-7-15(19-2)8-10-16/h7-10,13-14,17H,3-6,11-12,18H2,1-2H3. The van der Waals surface area contributed by atoms with Gasteiger partial charge < -0.3 is 10.5 Å². The highest BCUT2D eigenvalue weighted by atomic mass is 32.2. The Kier molecular flexibility index (Phi) is 6.24. The van der Waals surface area contributed by atoms with Crippen molar-refractivity contribution in [3.05, 3.63) is 24.3 Å². The smallest absolute Gasteiger partial charge is 0.118 e. The average molecular weight is 293 g/mol. The molecule has 1 aliphatic rings. The lowest BCUT2D eigenvalue weighted by atomic mass is 9.80. The summed E-state index contributed by atoms with van der Waals surface area (Å²) in [7, 11) is 1.71. The van der Waals surface area contributed by atoms with E-state index in [1.165, 1.54) is 37.0 Å². The summed E-state index contributed by atoms with van der Waals surface area (Å²) >= 11 is 2.01. The first-order chi connectivity index (χ1) is 9.76. The molecule has 0 bridgehead atoms. The lowest BCUT2D eigenvalue weighted by Gasteiger charge is -2.35. The van der Waals surface area contributed by atoms with Gasteiger partial charge in [-0.2, -0.15) is 0 Å². The molecule has 0 heterocycles. The number of methoxy groups -OCH3 is 1. The van der Waals surface area contributed by atoms with Crippen molar-refractivity contribution >= 4 is 11.8 Å². The molecule has 0 aliphatic heterocycles. The summed E-state index contributed by atoms with van der Waals surface area (Å²) in [6.45, 7) is 3.12. The molecule has 1 aromatic carbocycles. The molecule has 0 spiro atoms. The predicted molar refractivity (Wildman–Crippen MR) is 87.4 cm³/mol. The number of thioether (sulfide) groups is 1. The molecular formula is C17H27NOS. The van der Waals surface area contributed by atoms with Crippen LogP contribution in [0.5, 0.6) is 5.75 Å². The number of hydrogen-bond acceptors (Lipinski definition) is 3. The van der Waals surface area contributed by atoms with Gasteiger partial charge in [-0.15, -0.1) is 11.8 Å². The van der Waals surface area contributed by atoms with Gasteiger partial charge in [0.1, 0.15) is 5.75 Å². The van der Waals surface area contributed by atoms with Crippen molar-refractivity contribution in [1.29, 1.82) is 0 Å². The van der Waals surface area contributed by atoms with Gasteiger partial charge in [0.15, 0.2) is 0 Å². The van der Waals surface area contributed by atoms with Gasteiger partial charge in [0.25, 0.3) is 0 Å². The van der Waals surface area contributed by atoms with E-state index < -0.39 is 0 Å². The van der Waals surface area contributed by atoms with E-state index in [4.69, 9.17) is 10.5 Å². The highest BCUT2D eigenvalue weighted by molar-refractivity contribution is 8.00. The predicted octanol–water partition coefficient (Wildman–Crippen LogP) is 4.33. The third kappa shape index (κ3) is 4.16. The van der Waals surface area contributed by atoms with Gasteiger partial charge in [0, 0.05) is 10.1 Å². The molecule has 112 valence electrons. The summed E-state index contributed by atoms with van der Waals surface area (Å²) in [4.78, 5) is 1.34. The van der Waals surface area contributed by atoms with Crippen molar-refractivity contribution in [1.82, 2.24) is 0 Å². The SMILES string of the molecule is CCCC1CCC(CN)C(Sc2ccc(OC)cc2)C1. The maximum Gasteiger partial charge on any atom is 0.118 e. The Bertz CT molecular complexity index is 392. The summed E-state index contributed by atoms with van der Waals surface area (Å²) in [5.74, 6) is 2.51. The Morgan fingerprint density at radius 3 is 2.60 bits per heavy atom. The van der Waals surface area contributed by atoms with E-state index in [-0.39, 0.29) is 0 Å². The van der Waals surface area contributed by atoms with Crippen molar-refractivity contribution in [2.75, 3.05) is 13.7 Å². The monoisotopic (exact) mass is 293 g/mol. The van der Waals surface area contributed by atoms with Crippen LogP contribution in [0.1, 0.15) is 39.0 Å². The van der Waals surface area contributed by atoms with Crippen LogP contribution in [0.15, 0.2) is 29.2 Å². The Labute approximate surface area is 127 Å². The zero-order valence-electron chi connectivity index (χ0n) is 12.7. The number of rotatable bonds is 6. The normalized spacial score (nSPS) is 26.4. The van der Waals surface area contributed by atoms with Crippen LogP contribution >= 0.6 is 11.8 Å². The van der Waals surface area contributed by atoms with Crippen molar-refractivity contribution in [2.24, 2.45) is 17.6 Å². The average Bonchev–Trinajstić information content (AvgIpc) is 2.49. The van der Waals surface area contributed by atoms with Crippen LogP contribution in [0, 0.1) is 11.8 Å². The molecule has 1 fully saturated rings. The molecule has 0 saturated heterocycles. The lowest BCUT2D eigenvalue weighted by Crippen LogP contribution is -2.32. The molecule has 1 aromatic rings. The number of nitrogens with two attached hydrogens (primary N) is 1. The van der Waals surface area contributed by atoms with Crippen LogP contribution in [-0.2, 0) is 0 Å².